The van der Waals surface area contributed by atoms with Crippen molar-refractivity contribution >= 4 is 11.8 Å². The number of ether oxygens (including phenoxy) is 2. The van der Waals surface area contributed by atoms with E-state index in [2.05, 4.69) is 27.5 Å². The first-order chi connectivity index (χ1) is 11.7. The maximum atomic E-state index is 5.40. The first kappa shape index (κ1) is 16.4. The van der Waals surface area contributed by atoms with E-state index in [-0.39, 0.29) is 0 Å². The fraction of sp³-hybridized carbons (Fsp3) is 0.444. The van der Waals surface area contributed by atoms with Crippen LogP contribution in [0.15, 0.2) is 24.3 Å². The van der Waals surface area contributed by atoms with Gasteiger partial charge in [0.25, 0.3) is 0 Å². The van der Waals surface area contributed by atoms with Crippen molar-refractivity contribution in [2.24, 2.45) is 0 Å². The Bertz CT molecular complexity index is 691. The maximum Gasteiger partial charge on any atom is 0.231 e. The largest absolute Gasteiger partial charge is 0.454 e. The van der Waals surface area contributed by atoms with Crippen molar-refractivity contribution in [2.45, 2.75) is 39.7 Å². The first-order valence-corrected chi connectivity index (χ1v) is 8.46. The average Bonchev–Trinajstić information content (AvgIpc) is 3.04. The quantitative estimate of drug-likeness (QED) is 0.720. The van der Waals surface area contributed by atoms with Gasteiger partial charge in [-0.2, -0.15) is 4.98 Å². The van der Waals surface area contributed by atoms with Crippen LogP contribution in [0, 0.1) is 6.92 Å². The molecule has 1 aliphatic heterocycles. The molecular formula is C18H24N4O2. The van der Waals surface area contributed by atoms with Gasteiger partial charge in [-0.25, -0.2) is 4.98 Å². The van der Waals surface area contributed by atoms with Crippen LogP contribution in [-0.2, 0) is 6.54 Å². The molecule has 0 aliphatic carbocycles. The number of nitrogens with one attached hydrogen (secondary N) is 2. The van der Waals surface area contributed by atoms with Gasteiger partial charge in [0.1, 0.15) is 5.82 Å². The van der Waals surface area contributed by atoms with Gasteiger partial charge >= 0.3 is 0 Å². The SMILES string of the molecule is CCCCCNc1cc(C)nc(NCc2ccc3c(c2)OCO3)n1. The van der Waals surface area contributed by atoms with Gasteiger partial charge in [-0.15, -0.1) is 0 Å². The highest BCUT2D eigenvalue weighted by atomic mass is 16.7. The van der Waals surface area contributed by atoms with Crippen molar-refractivity contribution in [2.75, 3.05) is 24.0 Å². The predicted octanol–water partition coefficient (Wildman–Crippen LogP) is 3.73. The Morgan fingerprint density at radius 2 is 1.92 bits per heavy atom. The predicted molar refractivity (Wildman–Crippen MR) is 94.7 cm³/mol. The summed E-state index contributed by atoms with van der Waals surface area (Å²) in [5.41, 5.74) is 2.04. The molecule has 0 unspecified atom stereocenters. The number of hydrogen-bond donors (Lipinski definition) is 2. The summed E-state index contributed by atoms with van der Waals surface area (Å²) in [6.45, 7) is 6.04. The summed E-state index contributed by atoms with van der Waals surface area (Å²) in [7, 11) is 0. The zero-order valence-corrected chi connectivity index (χ0v) is 14.3. The molecule has 0 fully saturated rings. The minimum Gasteiger partial charge on any atom is -0.454 e. The molecule has 128 valence electrons. The van der Waals surface area contributed by atoms with Crippen LogP contribution in [-0.4, -0.2) is 23.3 Å². The Hall–Kier alpha value is -2.50. The van der Waals surface area contributed by atoms with E-state index < -0.39 is 0 Å². The van der Waals surface area contributed by atoms with Crippen LogP contribution in [0.5, 0.6) is 11.5 Å². The minimum atomic E-state index is 0.292. The summed E-state index contributed by atoms with van der Waals surface area (Å²) in [6.07, 6.45) is 3.60. The third-order valence-corrected chi connectivity index (χ3v) is 3.83. The highest BCUT2D eigenvalue weighted by molar-refractivity contribution is 5.46. The van der Waals surface area contributed by atoms with E-state index in [0.717, 1.165) is 41.5 Å². The molecule has 0 spiro atoms. The lowest BCUT2D eigenvalue weighted by Gasteiger charge is -2.10. The number of anilines is 2. The number of rotatable bonds is 8. The van der Waals surface area contributed by atoms with Crippen molar-refractivity contribution < 1.29 is 9.47 Å². The molecule has 2 aromatic rings. The molecule has 6 nitrogen and oxygen atoms in total. The van der Waals surface area contributed by atoms with E-state index in [1.807, 2.05) is 31.2 Å². The fourth-order valence-corrected chi connectivity index (χ4v) is 2.56. The second kappa shape index (κ2) is 7.86. The Morgan fingerprint density at radius 3 is 2.79 bits per heavy atom. The third-order valence-electron chi connectivity index (χ3n) is 3.83. The molecule has 0 saturated carbocycles. The number of fused-ring (bicyclic) bond motifs is 1. The summed E-state index contributed by atoms with van der Waals surface area (Å²) >= 11 is 0. The van der Waals surface area contributed by atoms with Gasteiger partial charge in [0.2, 0.25) is 12.7 Å². The lowest BCUT2D eigenvalue weighted by Crippen LogP contribution is -2.09. The standard InChI is InChI=1S/C18H24N4O2/c1-3-4-5-8-19-17-9-13(2)21-18(22-17)20-11-14-6-7-15-16(10-14)24-12-23-15/h6-7,9-10H,3-5,8,11-12H2,1-2H3,(H2,19,20,21,22). The molecule has 0 atom stereocenters. The lowest BCUT2D eigenvalue weighted by atomic mass is 10.2. The summed E-state index contributed by atoms with van der Waals surface area (Å²) in [4.78, 5) is 8.98. The van der Waals surface area contributed by atoms with Gasteiger partial charge in [0.15, 0.2) is 11.5 Å². The Labute approximate surface area is 142 Å². The van der Waals surface area contributed by atoms with E-state index >= 15 is 0 Å². The molecule has 24 heavy (non-hydrogen) atoms. The molecular weight excluding hydrogens is 304 g/mol. The summed E-state index contributed by atoms with van der Waals surface area (Å²) in [5.74, 6) is 3.08. The highest BCUT2D eigenvalue weighted by Gasteiger charge is 2.13. The molecule has 3 rings (SSSR count). The van der Waals surface area contributed by atoms with Crippen molar-refractivity contribution in [1.82, 2.24) is 9.97 Å². The second-order valence-corrected chi connectivity index (χ2v) is 5.89. The second-order valence-electron chi connectivity index (χ2n) is 5.89. The van der Waals surface area contributed by atoms with Crippen molar-refractivity contribution in [1.29, 1.82) is 0 Å². The van der Waals surface area contributed by atoms with Crippen molar-refractivity contribution in [3.63, 3.8) is 0 Å². The zero-order valence-electron chi connectivity index (χ0n) is 14.3. The van der Waals surface area contributed by atoms with E-state index in [1.165, 1.54) is 12.8 Å². The number of unbranched alkanes of at least 4 members (excludes halogenated alkanes) is 2. The fourth-order valence-electron chi connectivity index (χ4n) is 2.56. The number of nitrogens with zero attached hydrogens (tertiary/aromatic N) is 2. The third kappa shape index (κ3) is 4.28. The smallest absolute Gasteiger partial charge is 0.231 e. The molecule has 1 aliphatic rings. The van der Waals surface area contributed by atoms with Gasteiger partial charge in [0, 0.05) is 24.8 Å². The molecule has 0 amide bonds. The van der Waals surface area contributed by atoms with Crippen LogP contribution in [0.25, 0.3) is 0 Å². The van der Waals surface area contributed by atoms with Gasteiger partial charge in [0.05, 0.1) is 0 Å². The van der Waals surface area contributed by atoms with Gasteiger partial charge in [-0.3, -0.25) is 0 Å². The average molecular weight is 328 g/mol. The molecule has 0 radical (unpaired) electrons. The Morgan fingerprint density at radius 1 is 1.04 bits per heavy atom. The van der Waals surface area contributed by atoms with E-state index in [4.69, 9.17) is 9.47 Å². The van der Waals surface area contributed by atoms with E-state index in [0.29, 0.717) is 19.3 Å². The number of benzene rings is 1. The molecule has 2 N–H and O–H groups in total. The van der Waals surface area contributed by atoms with Gasteiger partial charge in [-0.05, 0) is 31.0 Å². The normalized spacial score (nSPS) is 12.2. The lowest BCUT2D eigenvalue weighted by molar-refractivity contribution is 0.174. The van der Waals surface area contributed by atoms with Crippen LogP contribution in [0.1, 0.15) is 37.4 Å². The number of hydrogen-bond acceptors (Lipinski definition) is 6. The summed E-state index contributed by atoms with van der Waals surface area (Å²) in [6, 6.07) is 7.89. The number of aromatic nitrogens is 2. The molecule has 0 bridgehead atoms. The monoisotopic (exact) mass is 328 g/mol. The molecule has 1 aromatic heterocycles. The maximum absolute atomic E-state index is 5.40. The minimum absolute atomic E-state index is 0.292. The topological polar surface area (TPSA) is 68.3 Å². The molecule has 0 saturated heterocycles. The van der Waals surface area contributed by atoms with Crippen LogP contribution in [0.4, 0.5) is 11.8 Å². The van der Waals surface area contributed by atoms with Crippen molar-refractivity contribution in [3.8, 4) is 11.5 Å². The molecule has 1 aromatic carbocycles. The highest BCUT2D eigenvalue weighted by Crippen LogP contribution is 2.32. The van der Waals surface area contributed by atoms with E-state index in [1.54, 1.807) is 0 Å². The van der Waals surface area contributed by atoms with Crippen LogP contribution < -0.4 is 20.1 Å². The zero-order chi connectivity index (χ0) is 16.8. The molecule has 2 heterocycles. The molecule has 6 heteroatoms. The van der Waals surface area contributed by atoms with Crippen LogP contribution >= 0.6 is 0 Å². The van der Waals surface area contributed by atoms with Crippen LogP contribution in [0.3, 0.4) is 0 Å². The number of aryl methyl sites for hydroxylation is 1. The summed E-state index contributed by atoms with van der Waals surface area (Å²) < 4.78 is 10.7. The van der Waals surface area contributed by atoms with Crippen LogP contribution in [0.2, 0.25) is 0 Å². The Balaban J connectivity index is 1.59. The summed E-state index contributed by atoms with van der Waals surface area (Å²) in [5, 5.41) is 6.64. The van der Waals surface area contributed by atoms with Gasteiger partial charge < -0.3 is 20.1 Å². The van der Waals surface area contributed by atoms with E-state index in [9.17, 15) is 0 Å². The first-order valence-electron chi connectivity index (χ1n) is 8.46. The van der Waals surface area contributed by atoms with Gasteiger partial charge in [-0.1, -0.05) is 25.8 Å². The Kier molecular flexibility index (Phi) is 5.36. The van der Waals surface area contributed by atoms with Crippen molar-refractivity contribution in [3.05, 3.63) is 35.5 Å².